The molecule has 2 heterocycles. The molecule has 1 N–H and O–H groups in total. The molecule has 0 unspecified atom stereocenters. The fourth-order valence-electron chi connectivity index (χ4n) is 3.25. The Morgan fingerprint density at radius 2 is 2.20 bits per heavy atom. The van der Waals surface area contributed by atoms with Crippen molar-refractivity contribution in [2.45, 2.75) is 38.8 Å². The van der Waals surface area contributed by atoms with Crippen molar-refractivity contribution in [3.8, 4) is 0 Å². The lowest BCUT2D eigenvalue weighted by molar-refractivity contribution is -0.132. The van der Waals surface area contributed by atoms with Crippen molar-refractivity contribution < 1.29 is 9.18 Å². The lowest BCUT2D eigenvalue weighted by Crippen LogP contribution is -2.42. The first-order valence-electron chi connectivity index (χ1n) is 8.65. The first-order valence-corrected chi connectivity index (χ1v) is 8.65. The molecule has 0 spiro atoms. The van der Waals surface area contributed by atoms with Crippen molar-refractivity contribution in [3.63, 3.8) is 0 Å². The second kappa shape index (κ2) is 7.74. The van der Waals surface area contributed by atoms with Crippen LogP contribution in [0.15, 0.2) is 24.3 Å². The van der Waals surface area contributed by atoms with Gasteiger partial charge in [0.25, 0.3) is 0 Å². The Balaban J connectivity index is 1.64. The number of H-pyrrole nitrogens is 1. The van der Waals surface area contributed by atoms with Gasteiger partial charge in [0.15, 0.2) is 5.82 Å². The van der Waals surface area contributed by atoms with Gasteiger partial charge in [-0.2, -0.15) is 5.10 Å². The topological polar surface area (TPSA) is 65.1 Å². The van der Waals surface area contributed by atoms with E-state index >= 15 is 0 Å². The Labute approximate surface area is 147 Å². The molecule has 1 aliphatic rings. The number of aromatic amines is 1. The largest absolute Gasteiger partial charge is 0.340 e. The molecular weight excluding hydrogens is 321 g/mol. The number of hydrogen-bond donors (Lipinski definition) is 1. The zero-order chi connectivity index (χ0) is 17.8. The smallest absolute Gasteiger partial charge is 0.236 e. The zero-order valence-corrected chi connectivity index (χ0v) is 14.7. The number of benzene rings is 1. The number of carbonyl (C=O) groups excluding carboxylic acids is 1. The fourth-order valence-corrected chi connectivity index (χ4v) is 3.25. The van der Waals surface area contributed by atoms with Crippen molar-refractivity contribution in [2.75, 3.05) is 20.1 Å². The minimum Gasteiger partial charge on any atom is -0.340 e. The van der Waals surface area contributed by atoms with Gasteiger partial charge in [-0.25, -0.2) is 9.37 Å². The van der Waals surface area contributed by atoms with Gasteiger partial charge in [-0.05, 0) is 32.4 Å². The zero-order valence-electron chi connectivity index (χ0n) is 14.7. The van der Waals surface area contributed by atoms with Crippen LogP contribution in [0.2, 0.25) is 0 Å². The molecule has 0 bridgehead atoms. The molecule has 1 aromatic heterocycles. The first-order chi connectivity index (χ1) is 12.0. The number of hydrogen-bond acceptors (Lipinski definition) is 4. The summed E-state index contributed by atoms with van der Waals surface area (Å²) in [6.45, 7) is 3.28. The van der Waals surface area contributed by atoms with Crippen LogP contribution < -0.4 is 0 Å². The lowest BCUT2D eigenvalue weighted by atomic mass is 10.0. The second-order valence-electron chi connectivity index (χ2n) is 6.60. The molecule has 0 saturated carbocycles. The standard InChI is InChI=1S/C18H24FN5O/c1-13-20-18(22-21-13)16-9-5-6-10-24(16)12-17(25)23(2)11-14-7-3-4-8-15(14)19/h3-4,7-8,16H,5-6,9-12H2,1-2H3,(H,20,21,22)/t16-/m0/s1. The van der Waals surface area contributed by atoms with Crippen LogP contribution in [-0.2, 0) is 11.3 Å². The van der Waals surface area contributed by atoms with Crippen LogP contribution >= 0.6 is 0 Å². The van der Waals surface area contributed by atoms with E-state index in [-0.39, 0.29) is 24.3 Å². The van der Waals surface area contributed by atoms with Crippen molar-refractivity contribution >= 4 is 5.91 Å². The molecule has 6 nitrogen and oxygen atoms in total. The summed E-state index contributed by atoms with van der Waals surface area (Å²) >= 11 is 0. The third-order valence-electron chi connectivity index (χ3n) is 4.66. The third-order valence-corrected chi connectivity index (χ3v) is 4.66. The van der Waals surface area contributed by atoms with E-state index in [0.717, 1.165) is 37.5 Å². The number of halogens is 1. The van der Waals surface area contributed by atoms with Gasteiger partial charge in [0, 0.05) is 19.2 Å². The lowest BCUT2D eigenvalue weighted by Gasteiger charge is -2.34. The number of aryl methyl sites for hydroxylation is 1. The highest BCUT2D eigenvalue weighted by Gasteiger charge is 2.29. The molecule has 1 fully saturated rings. The number of aromatic nitrogens is 3. The van der Waals surface area contributed by atoms with E-state index in [4.69, 9.17) is 0 Å². The number of rotatable bonds is 5. The van der Waals surface area contributed by atoms with Gasteiger partial charge in [0.2, 0.25) is 5.91 Å². The van der Waals surface area contributed by atoms with E-state index in [1.165, 1.54) is 6.07 Å². The number of piperidine rings is 1. The number of amides is 1. The normalized spacial score (nSPS) is 18.3. The average Bonchev–Trinajstić information content (AvgIpc) is 3.03. The highest BCUT2D eigenvalue weighted by atomic mass is 19.1. The monoisotopic (exact) mass is 345 g/mol. The maximum Gasteiger partial charge on any atom is 0.236 e. The molecule has 0 radical (unpaired) electrons. The number of likely N-dealkylation sites (tertiary alicyclic amines) is 1. The minimum atomic E-state index is -0.283. The van der Waals surface area contributed by atoms with Crippen LogP contribution in [-0.4, -0.2) is 51.0 Å². The van der Waals surface area contributed by atoms with Gasteiger partial charge < -0.3 is 4.90 Å². The Morgan fingerprint density at radius 1 is 1.40 bits per heavy atom. The summed E-state index contributed by atoms with van der Waals surface area (Å²) in [6.07, 6.45) is 3.11. The molecule has 3 rings (SSSR count). The number of likely N-dealkylation sites (N-methyl/N-ethyl adjacent to an activating group) is 1. The minimum absolute atomic E-state index is 0.0255. The summed E-state index contributed by atoms with van der Waals surface area (Å²) in [6, 6.07) is 6.62. The highest BCUT2D eigenvalue weighted by Crippen LogP contribution is 2.28. The molecule has 1 saturated heterocycles. The summed E-state index contributed by atoms with van der Waals surface area (Å²) in [4.78, 5) is 20.8. The van der Waals surface area contributed by atoms with Gasteiger partial charge >= 0.3 is 0 Å². The average molecular weight is 345 g/mol. The predicted octanol–water partition coefficient (Wildman–Crippen LogP) is 2.44. The second-order valence-corrected chi connectivity index (χ2v) is 6.60. The molecule has 1 aromatic carbocycles. The summed E-state index contributed by atoms with van der Waals surface area (Å²) < 4.78 is 13.8. The summed E-state index contributed by atoms with van der Waals surface area (Å²) in [5, 5.41) is 7.15. The van der Waals surface area contributed by atoms with Crippen LogP contribution in [0, 0.1) is 12.7 Å². The van der Waals surface area contributed by atoms with Crippen molar-refractivity contribution in [3.05, 3.63) is 47.3 Å². The molecule has 7 heteroatoms. The van der Waals surface area contributed by atoms with Gasteiger partial charge in [0.05, 0.1) is 12.6 Å². The number of carbonyl (C=O) groups is 1. The Morgan fingerprint density at radius 3 is 2.92 bits per heavy atom. The molecule has 0 aliphatic carbocycles. The SMILES string of the molecule is Cc1nc([C@@H]2CCCCN2CC(=O)N(C)Cc2ccccc2F)n[nH]1. The molecular formula is C18H24FN5O. The van der Waals surface area contributed by atoms with Crippen LogP contribution in [0.4, 0.5) is 4.39 Å². The van der Waals surface area contributed by atoms with Gasteiger partial charge in [0.1, 0.15) is 11.6 Å². The van der Waals surface area contributed by atoms with Crippen LogP contribution in [0.5, 0.6) is 0 Å². The summed E-state index contributed by atoms with van der Waals surface area (Å²) in [5.41, 5.74) is 0.526. The predicted molar refractivity (Wildman–Crippen MR) is 92.2 cm³/mol. The van der Waals surface area contributed by atoms with E-state index in [1.54, 1.807) is 30.1 Å². The van der Waals surface area contributed by atoms with E-state index in [9.17, 15) is 9.18 Å². The summed E-state index contributed by atoms with van der Waals surface area (Å²) in [7, 11) is 1.71. The Bertz CT molecular complexity index is 732. The van der Waals surface area contributed by atoms with E-state index in [0.29, 0.717) is 12.1 Å². The van der Waals surface area contributed by atoms with E-state index in [2.05, 4.69) is 20.1 Å². The fraction of sp³-hybridized carbons (Fsp3) is 0.500. The van der Waals surface area contributed by atoms with Crippen LogP contribution in [0.1, 0.15) is 42.5 Å². The molecule has 1 amide bonds. The Kier molecular flexibility index (Phi) is 5.43. The summed E-state index contributed by atoms with van der Waals surface area (Å²) in [5.74, 6) is 1.22. The molecule has 134 valence electrons. The molecule has 25 heavy (non-hydrogen) atoms. The molecule has 1 atom stereocenters. The van der Waals surface area contributed by atoms with Gasteiger partial charge in [-0.1, -0.05) is 24.6 Å². The van der Waals surface area contributed by atoms with Crippen LogP contribution in [0.3, 0.4) is 0 Å². The molecule has 1 aliphatic heterocycles. The first kappa shape index (κ1) is 17.5. The van der Waals surface area contributed by atoms with Crippen molar-refractivity contribution in [1.82, 2.24) is 25.0 Å². The third kappa shape index (κ3) is 4.22. The quantitative estimate of drug-likeness (QED) is 0.904. The van der Waals surface area contributed by atoms with Crippen molar-refractivity contribution in [1.29, 1.82) is 0 Å². The Hall–Kier alpha value is -2.28. The maximum atomic E-state index is 13.8. The number of nitrogens with one attached hydrogen (secondary N) is 1. The van der Waals surface area contributed by atoms with Crippen molar-refractivity contribution in [2.24, 2.45) is 0 Å². The van der Waals surface area contributed by atoms with Gasteiger partial charge in [-0.3, -0.25) is 14.8 Å². The van der Waals surface area contributed by atoms with E-state index < -0.39 is 0 Å². The van der Waals surface area contributed by atoms with Crippen LogP contribution in [0.25, 0.3) is 0 Å². The van der Waals surface area contributed by atoms with Gasteiger partial charge in [-0.15, -0.1) is 0 Å². The molecule has 2 aromatic rings. The highest BCUT2D eigenvalue weighted by molar-refractivity contribution is 5.78. The van der Waals surface area contributed by atoms with E-state index in [1.807, 2.05) is 6.92 Å². The maximum absolute atomic E-state index is 13.8. The number of nitrogens with zero attached hydrogens (tertiary/aromatic N) is 4.